The zero-order valence-corrected chi connectivity index (χ0v) is 14.7. The number of nitrogens with zero attached hydrogens (tertiary/aromatic N) is 2. The molecule has 1 heterocycles. The summed E-state index contributed by atoms with van der Waals surface area (Å²) in [5.41, 5.74) is -0.297. The predicted octanol–water partition coefficient (Wildman–Crippen LogP) is 2.19. The minimum absolute atomic E-state index is 0.0421. The number of carboxylic acid groups (broad SMARTS) is 1. The van der Waals surface area contributed by atoms with Gasteiger partial charge in [0.1, 0.15) is 5.82 Å². The second-order valence-corrected chi connectivity index (χ2v) is 8.50. The Balaban J connectivity index is 2.21. The Morgan fingerprint density at radius 1 is 1.33 bits per heavy atom. The van der Waals surface area contributed by atoms with Crippen molar-refractivity contribution >= 4 is 22.0 Å². The Kier molecular flexibility index (Phi) is 5.05. The number of hydrogen-bond donors (Lipinski definition) is 2. The van der Waals surface area contributed by atoms with Crippen molar-refractivity contribution in [1.29, 1.82) is 0 Å². The van der Waals surface area contributed by atoms with Crippen molar-refractivity contribution in [3.8, 4) is 0 Å². The van der Waals surface area contributed by atoms with Crippen LogP contribution >= 0.6 is 0 Å². The zero-order valence-electron chi connectivity index (χ0n) is 13.9. The van der Waals surface area contributed by atoms with E-state index in [9.17, 15) is 22.7 Å². The first-order valence-corrected chi connectivity index (χ1v) is 8.98. The second-order valence-electron chi connectivity index (χ2n) is 6.83. The molecule has 1 amide bonds. The summed E-state index contributed by atoms with van der Waals surface area (Å²) in [6.07, 6.45) is -1.06. The van der Waals surface area contributed by atoms with Crippen molar-refractivity contribution in [2.75, 3.05) is 24.4 Å². The summed E-state index contributed by atoms with van der Waals surface area (Å²) in [6.45, 7) is 5.77. The third-order valence-electron chi connectivity index (χ3n) is 4.00. The molecular formula is C15H22FN3O4S. The third kappa shape index (κ3) is 4.15. The number of benzene rings is 1. The Labute approximate surface area is 141 Å². The van der Waals surface area contributed by atoms with Gasteiger partial charge in [-0.1, -0.05) is 26.8 Å². The number of halogens is 1. The van der Waals surface area contributed by atoms with E-state index in [-0.39, 0.29) is 25.3 Å². The van der Waals surface area contributed by atoms with Crippen LogP contribution in [0.3, 0.4) is 0 Å². The Morgan fingerprint density at radius 2 is 2.00 bits per heavy atom. The van der Waals surface area contributed by atoms with E-state index in [2.05, 4.69) is 4.72 Å². The predicted molar refractivity (Wildman–Crippen MR) is 88.5 cm³/mol. The maximum Gasteiger partial charge on any atom is 0.407 e. The van der Waals surface area contributed by atoms with E-state index in [1.54, 1.807) is 0 Å². The zero-order chi connectivity index (χ0) is 18.1. The van der Waals surface area contributed by atoms with Crippen molar-refractivity contribution in [3.63, 3.8) is 0 Å². The van der Waals surface area contributed by atoms with Crippen molar-refractivity contribution in [2.24, 2.45) is 5.41 Å². The molecule has 1 aromatic rings. The molecule has 7 nitrogen and oxygen atoms in total. The lowest BCUT2D eigenvalue weighted by Crippen LogP contribution is -2.61. The van der Waals surface area contributed by atoms with Crippen molar-refractivity contribution in [1.82, 2.24) is 9.21 Å². The molecule has 1 aliphatic rings. The third-order valence-corrected chi connectivity index (χ3v) is 5.50. The van der Waals surface area contributed by atoms with Gasteiger partial charge in [0, 0.05) is 19.6 Å². The fourth-order valence-electron chi connectivity index (χ4n) is 2.71. The first-order valence-electron chi connectivity index (χ1n) is 7.54. The maximum absolute atomic E-state index is 13.2. The van der Waals surface area contributed by atoms with E-state index in [0.29, 0.717) is 0 Å². The lowest BCUT2D eigenvalue weighted by atomic mass is 9.85. The maximum atomic E-state index is 13.2. The largest absolute Gasteiger partial charge is 0.465 e. The molecule has 9 heteroatoms. The molecule has 2 N–H and O–H groups in total. The van der Waals surface area contributed by atoms with E-state index < -0.39 is 33.6 Å². The summed E-state index contributed by atoms with van der Waals surface area (Å²) in [6, 6.07) is 4.70. The molecule has 0 saturated carbocycles. The number of amides is 1. The Hall–Kier alpha value is -1.87. The second kappa shape index (κ2) is 6.56. The van der Waals surface area contributed by atoms with Gasteiger partial charge in [-0.2, -0.15) is 12.7 Å². The van der Waals surface area contributed by atoms with Crippen molar-refractivity contribution in [2.45, 2.75) is 26.8 Å². The van der Waals surface area contributed by atoms with Gasteiger partial charge in [0.25, 0.3) is 0 Å². The molecule has 1 unspecified atom stereocenters. The van der Waals surface area contributed by atoms with Crippen molar-refractivity contribution < 1.29 is 22.7 Å². The van der Waals surface area contributed by atoms with Crippen LogP contribution in [0.4, 0.5) is 14.9 Å². The average Bonchev–Trinajstić information content (AvgIpc) is 2.45. The minimum Gasteiger partial charge on any atom is -0.465 e. The lowest BCUT2D eigenvalue weighted by molar-refractivity contribution is 0.0460. The molecule has 1 fully saturated rings. The minimum atomic E-state index is -3.90. The van der Waals surface area contributed by atoms with Gasteiger partial charge in [0.15, 0.2) is 0 Å². The molecule has 1 aliphatic heterocycles. The number of rotatable bonds is 3. The lowest BCUT2D eigenvalue weighted by Gasteiger charge is -2.45. The van der Waals surface area contributed by atoms with E-state index in [1.165, 1.54) is 27.4 Å². The molecule has 1 aromatic carbocycles. The highest BCUT2D eigenvalue weighted by atomic mass is 32.2. The standard InChI is InChI=1S/C15H22FN3O4S/c1-15(2,3)13-10-18(7-8-19(13)14(20)21)24(22,23)17-12-6-4-5-11(16)9-12/h4-6,9,13,17H,7-8,10H2,1-3H3,(H,20,21). The number of hydrogen-bond acceptors (Lipinski definition) is 3. The van der Waals surface area contributed by atoms with Crippen molar-refractivity contribution in [3.05, 3.63) is 30.1 Å². The van der Waals surface area contributed by atoms with Crippen LogP contribution in [0.2, 0.25) is 0 Å². The van der Waals surface area contributed by atoms with Crippen LogP contribution in [0.1, 0.15) is 20.8 Å². The summed E-state index contributed by atoms with van der Waals surface area (Å²) in [5, 5.41) is 9.33. The number of anilines is 1. The molecular weight excluding hydrogens is 337 g/mol. The molecule has 0 aromatic heterocycles. The van der Waals surface area contributed by atoms with Gasteiger partial charge in [-0.15, -0.1) is 0 Å². The highest BCUT2D eigenvalue weighted by molar-refractivity contribution is 7.90. The molecule has 134 valence electrons. The summed E-state index contributed by atoms with van der Waals surface area (Å²) in [5.74, 6) is -0.543. The quantitative estimate of drug-likeness (QED) is 0.866. The van der Waals surface area contributed by atoms with Gasteiger partial charge in [-0.3, -0.25) is 4.72 Å². The van der Waals surface area contributed by atoms with Crippen LogP contribution in [-0.4, -0.2) is 54.5 Å². The van der Waals surface area contributed by atoms with Gasteiger partial charge in [-0.25, -0.2) is 9.18 Å². The molecule has 0 radical (unpaired) electrons. The van der Waals surface area contributed by atoms with Crippen LogP contribution in [0.15, 0.2) is 24.3 Å². The molecule has 0 aliphatic carbocycles. The van der Waals surface area contributed by atoms with Crippen LogP contribution in [-0.2, 0) is 10.2 Å². The SMILES string of the molecule is CC(C)(C)C1CN(S(=O)(=O)Nc2cccc(F)c2)CCN1C(=O)O. The normalized spacial score (nSPS) is 20.0. The Morgan fingerprint density at radius 3 is 2.54 bits per heavy atom. The highest BCUT2D eigenvalue weighted by Gasteiger charge is 2.41. The molecule has 1 saturated heterocycles. The molecule has 0 spiro atoms. The van der Waals surface area contributed by atoms with E-state index in [0.717, 1.165) is 6.07 Å². The fourth-order valence-corrected chi connectivity index (χ4v) is 3.93. The number of nitrogens with one attached hydrogen (secondary N) is 1. The number of carbonyl (C=O) groups is 1. The van der Waals surface area contributed by atoms with Crippen LogP contribution < -0.4 is 4.72 Å². The summed E-state index contributed by atoms with van der Waals surface area (Å²) in [7, 11) is -3.90. The van der Waals surface area contributed by atoms with Gasteiger partial charge in [0.2, 0.25) is 0 Å². The van der Waals surface area contributed by atoms with Gasteiger partial charge >= 0.3 is 16.3 Å². The number of piperazine rings is 1. The topological polar surface area (TPSA) is 90.0 Å². The smallest absolute Gasteiger partial charge is 0.407 e. The van der Waals surface area contributed by atoms with Crippen LogP contribution in [0, 0.1) is 11.2 Å². The van der Waals surface area contributed by atoms with Crippen LogP contribution in [0.25, 0.3) is 0 Å². The summed E-state index contributed by atoms with van der Waals surface area (Å²) >= 11 is 0. The summed E-state index contributed by atoms with van der Waals surface area (Å²) in [4.78, 5) is 12.7. The summed E-state index contributed by atoms with van der Waals surface area (Å²) < 4.78 is 41.8. The van der Waals surface area contributed by atoms with E-state index in [1.807, 2.05) is 20.8 Å². The van der Waals surface area contributed by atoms with Gasteiger partial charge in [0.05, 0.1) is 11.7 Å². The molecule has 24 heavy (non-hydrogen) atoms. The first kappa shape index (κ1) is 18.5. The Bertz CT molecular complexity index is 718. The molecule has 0 bridgehead atoms. The highest BCUT2D eigenvalue weighted by Crippen LogP contribution is 2.29. The van der Waals surface area contributed by atoms with E-state index in [4.69, 9.17) is 0 Å². The van der Waals surface area contributed by atoms with Gasteiger partial charge in [-0.05, 0) is 23.6 Å². The van der Waals surface area contributed by atoms with Gasteiger partial charge < -0.3 is 10.0 Å². The average molecular weight is 359 g/mol. The molecule has 2 rings (SSSR count). The molecule has 1 atom stereocenters. The monoisotopic (exact) mass is 359 g/mol. The van der Waals surface area contributed by atoms with Crippen LogP contribution in [0.5, 0.6) is 0 Å². The van der Waals surface area contributed by atoms with E-state index >= 15 is 0 Å². The fraction of sp³-hybridized carbons (Fsp3) is 0.533. The first-order chi connectivity index (χ1) is 11.0.